The van der Waals surface area contributed by atoms with Crippen LogP contribution in [0.5, 0.6) is 0 Å². The smallest absolute Gasteiger partial charge is 0.407 e. The molecule has 1 fully saturated rings. The van der Waals surface area contributed by atoms with Crippen LogP contribution in [0.2, 0.25) is 0 Å². The molecule has 1 amide bonds. The van der Waals surface area contributed by atoms with Gasteiger partial charge in [0.15, 0.2) is 0 Å². The van der Waals surface area contributed by atoms with E-state index in [4.69, 9.17) is 9.47 Å². The minimum Gasteiger partial charge on any atom is -0.444 e. The number of hydrogen-bond donors (Lipinski definition) is 2. The third-order valence-electron chi connectivity index (χ3n) is 3.38. The van der Waals surface area contributed by atoms with Crippen LogP contribution in [0.3, 0.4) is 0 Å². The topological polar surface area (TPSA) is 59.6 Å². The number of alkyl carbamates (subject to hydrolysis) is 1. The first-order valence-electron chi connectivity index (χ1n) is 7.78. The number of amides is 1. The van der Waals surface area contributed by atoms with E-state index in [1.165, 1.54) is 5.56 Å². The monoisotopic (exact) mass is 306 g/mol. The molecule has 2 N–H and O–H groups in total. The molecule has 1 aromatic rings. The second-order valence-corrected chi connectivity index (χ2v) is 6.61. The second kappa shape index (κ2) is 7.61. The summed E-state index contributed by atoms with van der Waals surface area (Å²) in [6.07, 6.45) is 0.692. The molecule has 1 unspecified atom stereocenters. The first kappa shape index (κ1) is 16.8. The molecule has 122 valence electrons. The van der Waals surface area contributed by atoms with Gasteiger partial charge in [-0.25, -0.2) is 4.79 Å². The molecule has 1 aromatic carbocycles. The van der Waals surface area contributed by atoms with Crippen molar-refractivity contribution in [3.63, 3.8) is 0 Å². The Morgan fingerprint density at radius 2 is 1.86 bits per heavy atom. The lowest BCUT2D eigenvalue weighted by molar-refractivity contribution is 0.0523. The lowest BCUT2D eigenvalue weighted by Gasteiger charge is -2.19. The molecule has 0 aliphatic carbocycles. The molecular formula is C17H26N2O3. The number of carbonyl (C=O) groups is 1. The number of ether oxygens (including phenoxy) is 2. The van der Waals surface area contributed by atoms with Gasteiger partial charge >= 0.3 is 6.09 Å². The van der Waals surface area contributed by atoms with Gasteiger partial charge in [0.1, 0.15) is 5.60 Å². The van der Waals surface area contributed by atoms with Crippen LogP contribution in [0.4, 0.5) is 4.79 Å². The summed E-state index contributed by atoms with van der Waals surface area (Å²) in [6.45, 7) is 8.52. The van der Waals surface area contributed by atoms with Gasteiger partial charge in [-0.2, -0.15) is 0 Å². The van der Waals surface area contributed by atoms with Crippen LogP contribution in [0.1, 0.15) is 38.3 Å². The molecule has 0 spiro atoms. The highest BCUT2D eigenvalue weighted by Gasteiger charge is 2.16. The van der Waals surface area contributed by atoms with Crippen molar-refractivity contribution in [1.82, 2.24) is 10.6 Å². The molecule has 22 heavy (non-hydrogen) atoms. The van der Waals surface area contributed by atoms with Crippen LogP contribution in [0, 0.1) is 0 Å². The molecule has 0 saturated carbocycles. The zero-order valence-corrected chi connectivity index (χ0v) is 13.6. The maximum absolute atomic E-state index is 11.6. The predicted octanol–water partition coefficient (Wildman–Crippen LogP) is 2.59. The van der Waals surface area contributed by atoms with Crippen molar-refractivity contribution in [1.29, 1.82) is 0 Å². The van der Waals surface area contributed by atoms with E-state index < -0.39 is 5.60 Å². The normalized spacial score (nSPS) is 18.2. The summed E-state index contributed by atoms with van der Waals surface area (Å²) in [5.41, 5.74) is 1.82. The predicted molar refractivity (Wildman–Crippen MR) is 85.6 cm³/mol. The SMILES string of the molecule is CC(C)(C)OC(=O)NCc1ccc(CNC2CCOC2)cc1. The van der Waals surface area contributed by atoms with E-state index >= 15 is 0 Å². The number of benzene rings is 1. The zero-order valence-electron chi connectivity index (χ0n) is 13.6. The number of carbonyl (C=O) groups excluding carboxylic acids is 1. The molecule has 5 nitrogen and oxygen atoms in total. The van der Waals surface area contributed by atoms with Gasteiger partial charge in [-0.15, -0.1) is 0 Å². The molecule has 1 aliphatic heterocycles. The molecule has 1 aliphatic rings. The lowest BCUT2D eigenvalue weighted by atomic mass is 10.1. The Labute approximate surface area is 132 Å². The Hall–Kier alpha value is -1.59. The zero-order chi connectivity index (χ0) is 16.0. The number of rotatable bonds is 5. The molecule has 1 saturated heterocycles. The molecule has 0 bridgehead atoms. The van der Waals surface area contributed by atoms with Crippen molar-refractivity contribution in [2.75, 3.05) is 13.2 Å². The van der Waals surface area contributed by atoms with Gasteiger partial charge in [-0.1, -0.05) is 24.3 Å². The maximum atomic E-state index is 11.6. The summed E-state index contributed by atoms with van der Waals surface area (Å²) in [5, 5.41) is 6.24. The van der Waals surface area contributed by atoms with Crippen LogP contribution >= 0.6 is 0 Å². The van der Waals surface area contributed by atoms with Gasteiger partial charge in [0, 0.05) is 25.7 Å². The third kappa shape index (κ3) is 6.03. The Kier molecular flexibility index (Phi) is 5.80. The molecule has 0 radical (unpaired) electrons. The van der Waals surface area contributed by atoms with E-state index in [-0.39, 0.29) is 6.09 Å². The minimum atomic E-state index is -0.469. The van der Waals surface area contributed by atoms with E-state index in [1.807, 2.05) is 32.9 Å². The Morgan fingerprint density at radius 1 is 1.23 bits per heavy atom. The van der Waals surface area contributed by atoms with Crippen molar-refractivity contribution < 1.29 is 14.3 Å². The Balaban J connectivity index is 1.73. The van der Waals surface area contributed by atoms with Gasteiger partial charge in [-0.05, 0) is 38.3 Å². The minimum absolute atomic E-state index is 0.389. The fourth-order valence-corrected chi connectivity index (χ4v) is 2.22. The summed E-state index contributed by atoms with van der Waals surface area (Å²) in [4.78, 5) is 11.6. The van der Waals surface area contributed by atoms with Crippen molar-refractivity contribution in [3.05, 3.63) is 35.4 Å². The van der Waals surface area contributed by atoms with E-state index in [0.717, 1.165) is 31.7 Å². The molecular weight excluding hydrogens is 280 g/mol. The molecule has 0 aromatic heterocycles. The summed E-state index contributed by atoms with van der Waals surface area (Å²) in [6, 6.07) is 8.68. The van der Waals surface area contributed by atoms with E-state index in [1.54, 1.807) is 0 Å². The van der Waals surface area contributed by atoms with Crippen molar-refractivity contribution in [2.24, 2.45) is 0 Å². The summed E-state index contributed by atoms with van der Waals surface area (Å²) in [7, 11) is 0. The first-order chi connectivity index (χ1) is 10.4. The molecule has 1 heterocycles. The standard InChI is InChI=1S/C17H26N2O3/c1-17(2,3)22-16(20)19-11-14-6-4-13(5-7-14)10-18-15-8-9-21-12-15/h4-7,15,18H,8-12H2,1-3H3,(H,19,20). The van der Waals surface area contributed by atoms with Crippen molar-refractivity contribution in [2.45, 2.75) is 51.9 Å². The van der Waals surface area contributed by atoms with Crippen LogP contribution in [0.25, 0.3) is 0 Å². The summed E-state index contributed by atoms with van der Waals surface area (Å²) < 4.78 is 10.5. The quantitative estimate of drug-likeness (QED) is 0.878. The highest BCUT2D eigenvalue weighted by Crippen LogP contribution is 2.09. The second-order valence-electron chi connectivity index (χ2n) is 6.61. The van der Waals surface area contributed by atoms with Crippen LogP contribution in [0.15, 0.2) is 24.3 Å². The average Bonchev–Trinajstić information content (AvgIpc) is 2.95. The largest absolute Gasteiger partial charge is 0.444 e. The fraction of sp³-hybridized carbons (Fsp3) is 0.588. The van der Waals surface area contributed by atoms with Gasteiger partial charge in [0.05, 0.1) is 6.61 Å². The number of nitrogens with one attached hydrogen (secondary N) is 2. The van der Waals surface area contributed by atoms with E-state index in [2.05, 4.69) is 22.8 Å². The lowest BCUT2D eigenvalue weighted by Crippen LogP contribution is -2.32. The third-order valence-corrected chi connectivity index (χ3v) is 3.38. The highest BCUT2D eigenvalue weighted by molar-refractivity contribution is 5.67. The maximum Gasteiger partial charge on any atom is 0.407 e. The Bertz CT molecular complexity index is 474. The summed E-state index contributed by atoms with van der Waals surface area (Å²) >= 11 is 0. The van der Waals surface area contributed by atoms with Gasteiger partial charge in [-0.3, -0.25) is 0 Å². The molecule has 1 atom stereocenters. The summed E-state index contributed by atoms with van der Waals surface area (Å²) in [5.74, 6) is 0. The van der Waals surface area contributed by atoms with E-state index in [9.17, 15) is 4.79 Å². The van der Waals surface area contributed by atoms with Crippen LogP contribution < -0.4 is 10.6 Å². The highest BCUT2D eigenvalue weighted by atomic mass is 16.6. The molecule has 5 heteroatoms. The van der Waals surface area contributed by atoms with Crippen LogP contribution in [-0.2, 0) is 22.6 Å². The van der Waals surface area contributed by atoms with E-state index in [0.29, 0.717) is 12.6 Å². The first-order valence-corrected chi connectivity index (χ1v) is 7.78. The Morgan fingerprint density at radius 3 is 2.41 bits per heavy atom. The number of hydrogen-bond acceptors (Lipinski definition) is 4. The van der Waals surface area contributed by atoms with Gasteiger partial charge in [0.2, 0.25) is 0 Å². The average molecular weight is 306 g/mol. The molecule has 2 rings (SSSR count). The van der Waals surface area contributed by atoms with Crippen molar-refractivity contribution in [3.8, 4) is 0 Å². The van der Waals surface area contributed by atoms with Crippen molar-refractivity contribution >= 4 is 6.09 Å². The van der Waals surface area contributed by atoms with Gasteiger partial charge in [0.25, 0.3) is 0 Å². The fourth-order valence-electron chi connectivity index (χ4n) is 2.22. The van der Waals surface area contributed by atoms with Crippen LogP contribution in [-0.4, -0.2) is 30.9 Å². The van der Waals surface area contributed by atoms with Gasteiger partial charge < -0.3 is 20.1 Å².